The summed E-state index contributed by atoms with van der Waals surface area (Å²) in [6, 6.07) is 14.6. The van der Waals surface area contributed by atoms with Gasteiger partial charge in [0.05, 0.1) is 17.8 Å². The zero-order chi connectivity index (χ0) is 16.2. The highest BCUT2D eigenvalue weighted by Gasteiger charge is 2.27. The van der Waals surface area contributed by atoms with Crippen LogP contribution in [0.5, 0.6) is 0 Å². The molecule has 2 amide bonds. The molecule has 0 aliphatic carbocycles. The van der Waals surface area contributed by atoms with Crippen molar-refractivity contribution in [3.8, 4) is 0 Å². The molecule has 23 heavy (non-hydrogen) atoms. The van der Waals surface area contributed by atoms with E-state index in [0.717, 1.165) is 29.0 Å². The number of aryl methyl sites for hydroxylation is 1. The molecule has 2 aromatic rings. The minimum Gasteiger partial charge on any atom is -0.372 e. The van der Waals surface area contributed by atoms with E-state index in [0.29, 0.717) is 0 Å². The molecule has 1 heterocycles. The van der Waals surface area contributed by atoms with Gasteiger partial charge in [-0.3, -0.25) is 9.59 Å². The number of hydrogen-bond donors (Lipinski definition) is 3. The van der Waals surface area contributed by atoms with Gasteiger partial charge in [0.1, 0.15) is 6.04 Å². The van der Waals surface area contributed by atoms with E-state index in [2.05, 4.69) is 16.0 Å². The summed E-state index contributed by atoms with van der Waals surface area (Å²) in [7, 11) is 0. The number of para-hydroxylation sites is 3. The Labute approximate surface area is 135 Å². The normalized spacial score (nSPS) is 16.0. The van der Waals surface area contributed by atoms with Crippen molar-refractivity contribution < 1.29 is 9.59 Å². The third kappa shape index (κ3) is 3.34. The minimum absolute atomic E-state index is 0.0816. The van der Waals surface area contributed by atoms with Gasteiger partial charge >= 0.3 is 0 Å². The summed E-state index contributed by atoms with van der Waals surface area (Å²) in [6.45, 7) is 2.04. The molecule has 0 spiro atoms. The lowest BCUT2D eigenvalue weighted by Gasteiger charge is -2.26. The Morgan fingerprint density at radius 3 is 2.57 bits per heavy atom. The van der Waals surface area contributed by atoms with Crippen molar-refractivity contribution >= 4 is 28.9 Å². The standard InChI is InChI=1S/C18H19N3O2/c1-2-12-7-3-4-8-13(12)20-17(22)11-16-18(23)21-15-10-6-5-9-14(15)19-16/h3-10,16,19H,2,11H2,1H3,(H,20,22)(H,21,23). The number of rotatable bonds is 4. The van der Waals surface area contributed by atoms with E-state index in [1.165, 1.54) is 0 Å². The van der Waals surface area contributed by atoms with Crippen molar-refractivity contribution in [3.05, 3.63) is 54.1 Å². The van der Waals surface area contributed by atoms with Crippen LogP contribution in [-0.4, -0.2) is 17.9 Å². The number of nitrogens with one attached hydrogen (secondary N) is 3. The molecular weight excluding hydrogens is 290 g/mol. The number of hydrogen-bond acceptors (Lipinski definition) is 3. The second kappa shape index (κ2) is 6.52. The van der Waals surface area contributed by atoms with Gasteiger partial charge in [0.2, 0.25) is 11.8 Å². The van der Waals surface area contributed by atoms with Crippen LogP contribution in [0.15, 0.2) is 48.5 Å². The molecule has 5 heteroatoms. The van der Waals surface area contributed by atoms with E-state index >= 15 is 0 Å². The Balaban J connectivity index is 1.68. The topological polar surface area (TPSA) is 70.2 Å². The van der Waals surface area contributed by atoms with Crippen molar-refractivity contribution in [2.24, 2.45) is 0 Å². The van der Waals surface area contributed by atoms with Crippen molar-refractivity contribution in [1.82, 2.24) is 0 Å². The van der Waals surface area contributed by atoms with E-state index in [9.17, 15) is 9.59 Å². The fourth-order valence-corrected chi connectivity index (χ4v) is 2.67. The van der Waals surface area contributed by atoms with Crippen molar-refractivity contribution in [2.75, 3.05) is 16.0 Å². The van der Waals surface area contributed by atoms with Crippen LogP contribution in [0.1, 0.15) is 18.9 Å². The first-order chi connectivity index (χ1) is 11.2. The number of fused-ring (bicyclic) bond motifs is 1. The molecule has 1 atom stereocenters. The smallest absolute Gasteiger partial charge is 0.247 e. The van der Waals surface area contributed by atoms with Gasteiger partial charge in [0.15, 0.2) is 0 Å². The van der Waals surface area contributed by atoms with Gasteiger partial charge < -0.3 is 16.0 Å². The minimum atomic E-state index is -0.571. The van der Waals surface area contributed by atoms with E-state index in [-0.39, 0.29) is 18.2 Å². The highest BCUT2D eigenvalue weighted by molar-refractivity contribution is 6.06. The van der Waals surface area contributed by atoms with Gasteiger partial charge in [-0.15, -0.1) is 0 Å². The van der Waals surface area contributed by atoms with Crippen molar-refractivity contribution in [1.29, 1.82) is 0 Å². The lowest BCUT2D eigenvalue weighted by molar-refractivity contribution is -0.122. The molecule has 0 bridgehead atoms. The summed E-state index contributed by atoms with van der Waals surface area (Å²) >= 11 is 0. The summed E-state index contributed by atoms with van der Waals surface area (Å²) in [5.41, 5.74) is 3.45. The van der Waals surface area contributed by atoms with E-state index in [4.69, 9.17) is 0 Å². The molecule has 2 aromatic carbocycles. The molecule has 1 aliphatic heterocycles. The first-order valence-electron chi connectivity index (χ1n) is 7.71. The third-order valence-electron chi connectivity index (χ3n) is 3.89. The Morgan fingerprint density at radius 2 is 1.78 bits per heavy atom. The molecule has 3 N–H and O–H groups in total. The van der Waals surface area contributed by atoms with Crippen molar-refractivity contribution in [2.45, 2.75) is 25.8 Å². The molecule has 0 saturated carbocycles. The van der Waals surface area contributed by atoms with Gasteiger partial charge in [0.25, 0.3) is 0 Å². The predicted octanol–water partition coefficient (Wildman–Crippen LogP) is 3.01. The first-order valence-corrected chi connectivity index (χ1v) is 7.71. The zero-order valence-electron chi connectivity index (χ0n) is 12.9. The van der Waals surface area contributed by atoms with Crippen LogP contribution in [0.3, 0.4) is 0 Å². The Bertz CT molecular complexity index is 743. The predicted molar refractivity (Wildman–Crippen MR) is 91.5 cm³/mol. The monoisotopic (exact) mass is 309 g/mol. The van der Waals surface area contributed by atoms with Gasteiger partial charge in [-0.25, -0.2) is 0 Å². The fourth-order valence-electron chi connectivity index (χ4n) is 2.67. The third-order valence-corrected chi connectivity index (χ3v) is 3.89. The molecular formula is C18H19N3O2. The van der Waals surface area contributed by atoms with E-state index < -0.39 is 6.04 Å². The molecule has 5 nitrogen and oxygen atoms in total. The summed E-state index contributed by atoms with van der Waals surface area (Å²) in [4.78, 5) is 24.4. The van der Waals surface area contributed by atoms with Crippen LogP contribution in [0.4, 0.5) is 17.1 Å². The highest BCUT2D eigenvalue weighted by atomic mass is 16.2. The zero-order valence-corrected chi connectivity index (χ0v) is 12.9. The van der Waals surface area contributed by atoms with E-state index in [1.54, 1.807) is 0 Å². The number of amides is 2. The number of carbonyl (C=O) groups excluding carboxylic acids is 2. The quantitative estimate of drug-likeness (QED) is 0.813. The molecule has 0 saturated heterocycles. The average Bonchev–Trinajstić information content (AvgIpc) is 2.56. The van der Waals surface area contributed by atoms with Gasteiger partial charge in [-0.05, 0) is 30.2 Å². The van der Waals surface area contributed by atoms with Crippen LogP contribution >= 0.6 is 0 Å². The molecule has 1 aliphatic rings. The maximum Gasteiger partial charge on any atom is 0.247 e. The summed E-state index contributed by atoms with van der Waals surface area (Å²) in [6.07, 6.45) is 0.921. The second-order valence-corrected chi connectivity index (χ2v) is 5.49. The summed E-state index contributed by atoms with van der Waals surface area (Å²) in [5, 5.41) is 8.83. The largest absolute Gasteiger partial charge is 0.372 e. The Hall–Kier alpha value is -2.82. The highest BCUT2D eigenvalue weighted by Crippen LogP contribution is 2.27. The number of benzene rings is 2. The van der Waals surface area contributed by atoms with Gasteiger partial charge in [-0.2, -0.15) is 0 Å². The van der Waals surface area contributed by atoms with Crippen molar-refractivity contribution in [3.63, 3.8) is 0 Å². The van der Waals surface area contributed by atoms with Gasteiger partial charge in [-0.1, -0.05) is 37.3 Å². The second-order valence-electron chi connectivity index (χ2n) is 5.49. The first kappa shape index (κ1) is 15.1. The van der Waals surface area contributed by atoms with E-state index in [1.807, 2.05) is 55.5 Å². The van der Waals surface area contributed by atoms with Crippen LogP contribution in [-0.2, 0) is 16.0 Å². The number of carbonyl (C=O) groups is 2. The molecule has 0 radical (unpaired) electrons. The Morgan fingerprint density at radius 1 is 1.09 bits per heavy atom. The van der Waals surface area contributed by atoms with Crippen LogP contribution in [0.25, 0.3) is 0 Å². The summed E-state index contributed by atoms with van der Waals surface area (Å²) in [5.74, 6) is -0.374. The maximum atomic E-state index is 12.3. The van der Waals surface area contributed by atoms with Crippen LogP contribution < -0.4 is 16.0 Å². The molecule has 0 aromatic heterocycles. The Kier molecular flexibility index (Phi) is 4.28. The van der Waals surface area contributed by atoms with Crippen LogP contribution in [0, 0.1) is 0 Å². The molecule has 0 fully saturated rings. The number of anilines is 3. The summed E-state index contributed by atoms with van der Waals surface area (Å²) < 4.78 is 0. The molecule has 3 rings (SSSR count). The van der Waals surface area contributed by atoms with Crippen LogP contribution in [0.2, 0.25) is 0 Å². The van der Waals surface area contributed by atoms with Gasteiger partial charge in [0, 0.05) is 5.69 Å². The SMILES string of the molecule is CCc1ccccc1NC(=O)CC1Nc2ccccc2NC1=O. The maximum absolute atomic E-state index is 12.3. The molecule has 1 unspecified atom stereocenters. The fraction of sp³-hybridized carbons (Fsp3) is 0.222. The molecule has 118 valence electrons. The lowest BCUT2D eigenvalue weighted by Crippen LogP contribution is -2.41. The lowest BCUT2D eigenvalue weighted by atomic mass is 10.1. The average molecular weight is 309 g/mol.